The van der Waals surface area contributed by atoms with Gasteiger partial charge in [-0.2, -0.15) is 0 Å². The lowest BCUT2D eigenvalue weighted by Crippen LogP contribution is -2.28. The van der Waals surface area contributed by atoms with Crippen LogP contribution in [-0.2, 0) is 17.8 Å². The van der Waals surface area contributed by atoms with E-state index >= 15 is 0 Å². The van der Waals surface area contributed by atoms with E-state index in [-0.39, 0.29) is 0 Å². The third kappa shape index (κ3) is 3.46. The molecule has 0 amide bonds. The Kier molecular flexibility index (Phi) is 4.92. The number of aliphatic carboxylic acids is 1. The van der Waals surface area contributed by atoms with Crippen LogP contribution in [0.5, 0.6) is 0 Å². The van der Waals surface area contributed by atoms with Gasteiger partial charge in [0.1, 0.15) is 6.04 Å². The number of halogens is 1. The Morgan fingerprint density at radius 2 is 2.25 bits per heavy atom. The van der Waals surface area contributed by atoms with E-state index in [1.54, 1.807) is 12.1 Å². The number of nitrogens with one attached hydrogen (secondary N) is 1. The van der Waals surface area contributed by atoms with Crippen molar-refractivity contribution in [3.05, 3.63) is 51.8 Å². The van der Waals surface area contributed by atoms with Crippen molar-refractivity contribution in [2.24, 2.45) is 0 Å². The molecule has 0 aliphatic rings. The second-order valence-electron chi connectivity index (χ2n) is 4.31. The van der Waals surface area contributed by atoms with Crippen LogP contribution in [0, 0.1) is 0 Å². The number of aryl methyl sites for hydroxylation is 1. The Hall–Kier alpha value is -1.66. The van der Waals surface area contributed by atoms with Crippen molar-refractivity contribution in [2.45, 2.75) is 25.9 Å². The van der Waals surface area contributed by atoms with Crippen LogP contribution in [0.1, 0.15) is 30.0 Å². The molecule has 1 aromatic heterocycles. The molecule has 0 spiro atoms. The van der Waals surface area contributed by atoms with Crippen LogP contribution in [0.2, 0.25) is 0 Å². The summed E-state index contributed by atoms with van der Waals surface area (Å²) in [6.07, 6.45) is 0.788. The van der Waals surface area contributed by atoms with E-state index in [4.69, 9.17) is 4.52 Å². The zero-order valence-electron chi connectivity index (χ0n) is 11.0. The van der Waals surface area contributed by atoms with Gasteiger partial charge in [0.2, 0.25) is 0 Å². The highest BCUT2D eigenvalue weighted by Gasteiger charge is 2.21. The Morgan fingerprint density at radius 1 is 1.50 bits per heavy atom. The van der Waals surface area contributed by atoms with Crippen molar-refractivity contribution in [3.8, 4) is 0 Å². The summed E-state index contributed by atoms with van der Waals surface area (Å²) in [5, 5.41) is 16.2. The van der Waals surface area contributed by atoms with Gasteiger partial charge in [-0.3, -0.25) is 10.1 Å². The minimum atomic E-state index is -0.938. The minimum absolute atomic E-state index is 0.311. The summed E-state index contributed by atoms with van der Waals surface area (Å²) in [6, 6.07) is 8.26. The van der Waals surface area contributed by atoms with Gasteiger partial charge in [-0.05, 0) is 18.1 Å². The zero-order chi connectivity index (χ0) is 14.5. The SMILES string of the molecule is CCc1cc(CNC(C(=O)O)c2ccccc2Br)on1. The maximum Gasteiger partial charge on any atom is 0.325 e. The first kappa shape index (κ1) is 14.7. The molecule has 20 heavy (non-hydrogen) atoms. The molecule has 0 saturated carbocycles. The first-order valence-electron chi connectivity index (χ1n) is 6.27. The highest BCUT2D eigenvalue weighted by molar-refractivity contribution is 9.10. The fraction of sp³-hybridized carbons (Fsp3) is 0.286. The normalized spacial score (nSPS) is 12.3. The second kappa shape index (κ2) is 6.67. The lowest BCUT2D eigenvalue weighted by atomic mass is 10.1. The van der Waals surface area contributed by atoms with Crippen LogP contribution in [0.15, 0.2) is 39.3 Å². The molecule has 1 aromatic carbocycles. The number of nitrogens with zero attached hydrogens (tertiary/aromatic N) is 1. The molecule has 0 aliphatic heterocycles. The Bertz CT molecular complexity index is 598. The molecule has 0 aliphatic carbocycles. The average molecular weight is 339 g/mol. The summed E-state index contributed by atoms with van der Waals surface area (Å²) in [7, 11) is 0. The molecule has 0 saturated heterocycles. The Labute approximate surface area is 125 Å². The molecule has 1 atom stereocenters. The van der Waals surface area contributed by atoms with Crippen LogP contribution in [0.25, 0.3) is 0 Å². The van der Waals surface area contributed by atoms with E-state index in [1.807, 2.05) is 25.1 Å². The highest BCUT2D eigenvalue weighted by Crippen LogP contribution is 2.23. The first-order chi connectivity index (χ1) is 9.61. The van der Waals surface area contributed by atoms with Crippen LogP contribution in [0.4, 0.5) is 0 Å². The Balaban J connectivity index is 2.11. The molecule has 2 aromatic rings. The molecule has 2 rings (SSSR count). The van der Waals surface area contributed by atoms with Crippen LogP contribution >= 0.6 is 15.9 Å². The molecular formula is C14H15BrN2O3. The van der Waals surface area contributed by atoms with Gasteiger partial charge in [-0.1, -0.05) is 46.2 Å². The van der Waals surface area contributed by atoms with Crippen LogP contribution in [-0.4, -0.2) is 16.2 Å². The molecule has 1 heterocycles. The molecule has 0 bridgehead atoms. The first-order valence-corrected chi connectivity index (χ1v) is 7.06. The van der Waals surface area contributed by atoms with E-state index < -0.39 is 12.0 Å². The van der Waals surface area contributed by atoms with Gasteiger partial charge in [-0.25, -0.2) is 0 Å². The standard InChI is InChI=1S/C14H15BrN2O3/c1-2-9-7-10(20-17-9)8-16-13(14(18)19)11-5-3-4-6-12(11)15/h3-7,13,16H,2,8H2,1H3,(H,18,19). The third-order valence-electron chi connectivity index (χ3n) is 2.91. The summed E-state index contributed by atoms with van der Waals surface area (Å²) in [6.45, 7) is 2.29. The maximum atomic E-state index is 11.4. The van der Waals surface area contributed by atoms with Crippen molar-refractivity contribution in [2.75, 3.05) is 0 Å². The molecule has 0 fully saturated rings. The summed E-state index contributed by atoms with van der Waals surface area (Å²) < 4.78 is 5.89. The van der Waals surface area contributed by atoms with Gasteiger partial charge in [-0.15, -0.1) is 0 Å². The molecule has 0 radical (unpaired) electrons. The van der Waals surface area contributed by atoms with E-state index in [1.165, 1.54) is 0 Å². The van der Waals surface area contributed by atoms with E-state index in [2.05, 4.69) is 26.4 Å². The van der Waals surface area contributed by atoms with Gasteiger partial charge >= 0.3 is 5.97 Å². The number of hydrogen-bond donors (Lipinski definition) is 2. The number of carboxylic acids is 1. The second-order valence-corrected chi connectivity index (χ2v) is 5.17. The summed E-state index contributed by atoms with van der Waals surface area (Å²) in [4.78, 5) is 11.4. The van der Waals surface area contributed by atoms with Crippen LogP contribution < -0.4 is 5.32 Å². The lowest BCUT2D eigenvalue weighted by Gasteiger charge is -2.15. The number of carbonyl (C=O) groups is 1. The van der Waals surface area contributed by atoms with Gasteiger partial charge in [0.15, 0.2) is 5.76 Å². The molecule has 2 N–H and O–H groups in total. The summed E-state index contributed by atoms with van der Waals surface area (Å²) >= 11 is 3.37. The molecular weight excluding hydrogens is 324 g/mol. The van der Waals surface area contributed by atoms with Gasteiger partial charge in [0.25, 0.3) is 0 Å². The van der Waals surface area contributed by atoms with Crippen molar-refractivity contribution in [3.63, 3.8) is 0 Å². The predicted octanol–water partition coefficient (Wildman–Crippen LogP) is 2.92. The van der Waals surface area contributed by atoms with E-state index in [9.17, 15) is 9.90 Å². The van der Waals surface area contributed by atoms with Crippen molar-refractivity contribution < 1.29 is 14.4 Å². The number of benzene rings is 1. The number of rotatable bonds is 6. The minimum Gasteiger partial charge on any atom is -0.480 e. The largest absolute Gasteiger partial charge is 0.480 e. The van der Waals surface area contributed by atoms with E-state index in [0.29, 0.717) is 17.9 Å². The lowest BCUT2D eigenvalue weighted by molar-refractivity contribution is -0.139. The van der Waals surface area contributed by atoms with E-state index in [0.717, 1.165) is 16.6 Å². The fourth-order valence-corrected chi connectivity index (χ4v) is 2.36. The quantitative estimate of drug-likeness (QED) is 0.846. The average Bonchev–Trinajstić information content (AvgIpc) is 2.88. The summed E-state index contributed by atoms with van der Waals surface area (Å²) in [5.41, 5.74) is 1.53. The number of carboxylic acid groups (broad SMARTS) is 1. The Morgan fingerprint density at radius 3 is 2.85 bits per heavy atom. The van der Waals surface area contributed by atoms with Crippen molar-refractivity contribution >= 4 is 21.9 Å². The van der Waals surface area contributed by atoms with Gasteiger partial charge in [0.05, 0.1) is 12.2 Å². The smallest absolute Gasteiger partial charge is 0.325 e. The number of aromatic nitrogens is 1. The fourth-order valence-electron chi connectivity index (χ4n) is 1.85. The molecule has 1 unspecified atom stereocenters. The van der Waals surface area contributed by atoms with Gasteiger partial charge in [0, 0.05) is 10.5 Å². The van der Waals surface area contributed by atoms with Gasteiger partial charge < -0.3 is 9.63 Å². The van der Waals surface area contributed by atoms with Crippen molar-refractivity contribution in [1.29, 1.82) is 0 Å². The zero-order valence-corrected chi connectivity index (χ0v) is 12.6. The summed E-state index contributed by atoms with van der Waals surface area (Å²) in [5.74, 6) is -0.313. The topological polar surface area (TPSA) is 75.4 Å². The third-order valence-corrected chi connectivity index (χ3v) is 3.64. The molecule has 106 valence electrons. The maximum absolute atomic E-state index is 11.4. The molecule has 6 heteroatoms. The molecule has 5 nitrogen and oxygen atoms in total. The van der Waals surface area contributed by atoms with Crippen molar-refractivity contribution in [1.82, 2.24) is 10.5 Å². The monoisotopic (exact) mass is 338 g/mol. The van der Waals surface area contributed by atoms with Crippen LogP contribution in [0.3, 0.4) is 0 Å². The predicted molar refractivity (Wildman–Crippen MR) is 77.2 cm³/mol. The number of hydrogen-bond acceptors (Lipinski definition) is 4. The highest BCUT2D eigenvalue weighted by atomic mass is 79.9.